The third kappa shape index (κ3) is 2.17. The predicted molar refractivity (Wildman–Crippen MR) is 47.6 cm³/mol. The molecule has 10 heavy (non-hydrogen) atoms. The molecule has 0 radical (unpaired) electrons. The summed E-state index contributed by atoms with van der Waals surface area (Å²) >= 11 is 6.94. The number of halogens is 2. The molecule has 1 aromatic rings. The average molecular weight is 197 g/mol. The lowest BCUT2D eigenvalue weighted by Gasteiger charge is -1.85. The van der Waals surface area contributed by atoms with E-state index in [9.17, 15) is 0 Å². The minimum atomic E-state index is 0. The van der Waals surface area contributed by atoms with Gasteiger partial charge in [-0.3, -0.25) is 5.41 Å². The Kier molecular flexibility index (Phi) is 3.71. The summed E-state index contributed by atoms with van der Waals surface area (Å²) in [5, 5.41) is 9.37. The second-order valence-corrected chi connectivity index (χ2v) is 2.89. The molecule has 0 spiro atoms. The van der Waals surface area contributed by atoms with E-state index in [2.05, 4.69) is 0 Å². The van der Waals surface area contributed by atoms with Crippen molar-refractivity contribution in [1.29, 1.82) is 5.41 Å². The Balaban J connectivity index is 0.000000810. The maximum absolute atomic E-state index is 6.98. The van der Waals surface area contributed by atoms with Gasteiger partial charge < -0.3 is 5.73 Å². The molecule has 0 bridgehead atoms. The molecule has 0 amide bonds. The smallest absolute Gasteiger partial charge is 0.133 e. The molecule has 56 valence electrons. The zero-order valence-electron chi connectivity index (χ0n) is 4.93. The number of nitrogen functional groups attached to an aromatic ring is 1. The largest absolute Gasteiger partial charge is 0.383 e. The van der Waals surface area contributed by atoms with Crippen LogP contribution in [0.2, 0.25) is 5.02 Å². The Morgan fingerprint density at radius 2 is 2.30 bits per heavy atom. The first-order chi connectivity index (χ1) is 4.20. The van der Waals surface area contributed by atoms with Crippen LogP contribution >= 0.6 is 35.3 Å². The normalized spacial score (nSPS) is 8.50. The van der Waals surface area contributed by atoms with Crippen molar-refractivity contribution >= 4 is 41.2 Å². The van der Waals surface area contributed by atoms with Crippen LogP contribution < -0.4 is 5.73 Å². The molecule has 0 atom stereocenters. The molecule has 0 aliphatic carbocycles. The molecular weight excluding hydrogens is 191 g/mol. The maximum atomic E-state index is 6.98. The van der Waals surface area contributed by atoms with E-state index in [-0.39, 0.29) is 18.2 Å². The lowest BCUT2D eigenvalue weighted by molar-refractivity contribution is 1.45. The van der Waals surface area contributed by atoms with Crippen LogP contribution in [0, 0.1) is 5.41 Å². The second-order valence-electron chi connectivity index (χ2n) is 1.54. The molecule has 0 saturated heterocycles. The van der Waals surface area contributed by atoms with Gasteiger partial charge in [0.15, 0.2) is 0 Å². The van der Waals surface area contributed by atoms with Crippen molar-refractivity contribution in [3.8, 4) is 0 Å². The maximum Gasteiger partial charge on any atom is 0.133 e. The third-order valence-corrected chi connectivity index (χ3v) is 2.14. The van der Waals surface area contributed by atoms with E-state index in [0.29, 0.717) is 5.02 Å². The van der Waals surface area contributed by atoms with Gasteiger partial charge in [-0.2, -0.15) is 0 Å². The van der Waals surface area contributed by atoms with Crippen molar-refractivity contribution in [1.82, 2.24) is 0 Å². The molecule has 3 N–H and O–H groups in total. The first-order valence-corrected chi connectivity index (χ1v) is 3.54. The molecule has 1 aromatic heterocycles. The second kappa shape index (κ2) is 3.81. The fourth-order valence-corrected chi connectivity index (χ4v) is 1.39. The number of hydrogen-bond acceptors (Lipinski definition) is 2. The summed E-state index contributed by atoms with van der Waals surface area (Å²) in [7, 11) is 0. The molecule has 5 heteroatoms. The SMILES string of the molecule is Cl.N=C(N)c1cc(Cl)cs1. The van der Waals surface area contributed by atoms with Crippen LogP contribution in [0.3, 0.4) is 0 Å². The number of rotatable bonds is 1. The van der Waals surface area contributed by atoms with Gasteiger partial charge >= 0.3 is 0 Å². The molecule has 0 aliphatic heterocycles. The summed E-state index contributed by atoms with van der Waals surface area (Å²) in [6.45, 7) is 0. The highest BCUT2D eigenvalue weighted by atomic mass is 35.5. The van der Waals surface area contributed by atoms with Crippen molar-refractivity contribution in [2.75, 3.05) is 0 Å². The molecule has 0 aromatic carbocycles. The summed E-state index contributed by atoms with van der Waals surface area (Å²) < 4.78 is 0. The zero-order valence-corrected chi connectivity index (χ0v) is 7.32. The number of hydrogen-bond donors (Lipinski definition) is 2. The van der Waals surface area contributed by atoms with Gasteiger partial charge in [-0.1, -0.05) is 11.6 Å². The van der Waals surface area contributed by atoms with Crippen molar-refractivity contribution < 1.29 is 0 Å². The van der Waals surface area contributed by atoms with E-state index in [0.717, 1.165) is 4.88 Å². The van der Waals surface area contributed by atoms with Gasteiger partial charge in [0.05, 0.1) is 9.90 Å². The van der Waals surface area contributed by atoms with Crippen LogP contribution in [-0.4, -0.2) is 5.84 Å². The number of thiophene rings is 1. The highest BCUT2D eigenvalue weighted by Gasteiger charge is 1.98. The highest BCUT2D eigenvalue weighted by molar-refractivity contribution is 7.12. The average Bonchev–Trinajstić information content (AvgIpc) is 2.14. The minimum absolute atomic E-state index is 0. The molecule has 0 unspecified atom stereocenters. The Labute approximate surface area is 73.9 Å². The monoisotopic (exact) mass is 196 g/mol. The van der Waals surface area contributed by atoms with Crippen molar-refractivity contribution in [3.05, 3.63) is 21.3 Å². The Hall–Kier alpha value is -0.250. The van der Waals surface area contributed by atoms with Crippen LogP contribution in [0.1, 0.15) is 4.88 Å². The molecule has 0 saturated carbocycles. The standard InChI is InChI=1S/C5H5ClN2S.ClH/c6-3-1-4(5(7)8)9-2-3;/h1-2H,(H3,7,8);1H. The Morgan fingerprint density at radius 3 is 2.50 bits per heavy atom. The summed E-state index contributed by atoms with van der Waals surface area (Å²) in [5.41, 5.74) is 5.16. The van der Waals surface area contributed by atoms with Gasteiger partial charge in [-0.05, 0) is 6.07 Å². The van der Waals surface area contributed by atoms with Crippen molar-refractivity contribution in [3.63, 3.8) is 0 Å². The van der Waals surface area contributed by atoms with E-state index < -0.39 is 0 Å². The van der Waals surface area contributed by atoms with Crippen molar-refractivity contribution in [2.45, 2.75) is 0 Å². The van der Waals surface area contributed by atoms with E-state index in [1.165, 1.54) is 11.3 Å². The minimum Gasteiger partial charge on any atom is -0.383 e. The fourth-order valence-electron chi connectivity index (χ4n) is 0.454. The molecule has 0 fully saturated rings. The summed E-state index contributed by atoms with van der Waals surface area (Å²) in [6, 6.07) is 1.68. The van der Waals surface area contributed by atoms with Gasteiger partial charge in [-0.25, -0.2) is 0 Å². The van der Waals surface area contributed by atoms with Gasteiger partial charge in [0.25, 0.3) is 0 Å². The van der Waals surface area contributed by atoms with Crippen LogP contribution in [0.4, 0.5) is 0 Å². The van der Waals surface area contributed by atoms with Crippen LogP contribution in [-0.2, 0) is 0 Å². The highest BCUT2D eigenvalue weighted by Crippen LogP contribution is 2.17. The Bertz CT molecular complexity index is 233. The lowest BCUT2D eigenvalue weighted by atomic mass is 10.4. The molecule has 0 aliphatic rings. The van der Waals surface area contributed by atoms with E-state index >= 15 is 0 Å². The van der Waals surface area contributed by atoms with Gasteiger partial charge in [-0.15, -0.1) is 23.7 Å². The molecule has 1 rings (SSSR count). The van der Waals surface area contributed by atoms with Gasteiger partial charge in [0, 0.05) is 5.38 Å². The number of amidine groups is 1. The lowest BCUT2D eigenvalue weighted by Crippen LogP contribution is -2.08. The number of nitrogens with one attached hydrogen (secondary N) is 1. The first kappa shape index (κ1) is 9.75. The molecule has 1 heterocycles. The summed E-state index contributed by atoms with van der Waals surface area (Å²) in [6.07, 6.45) is 0. The van der Waals surface area contributed by atoms with E-state index in [1.807, 2.05) is 0 Å². The summed E-state index contributed by atoms with van der Waals surface area (Å²) in [4.78, 5) is 0.722. The van der Waals surface area contributed by atoms with E-state index in [4.69, 9.17) is 22.7 Å². The Morgan fingerprint density at radius 1 is 1.70 bits per heavy atom. The first-order valence-electron chi connectivity index (χ1n) is 2.28. The van der Waals surface area contributed by atoms with Gasteiger partial charge in [0.2, 0.25) is 0 Å². The summed E-state index contributed by atoms with van der Waals surface area (Å²) in [5.74, 6) is 0.0758. The third-order valence-electron chi connectivity index (χ3n) is 0.833. The zero-order chi connectivity index (χ0) is 6.85. The quantitative estimate of drug-likeness (QED) is 0.525. The van der Waals surface area contributed by atoms with Crippen LogP contribution in [0.15, 0.2) is 11.4 Å². The molecule has 2 nitrogen and oxygen atoms in total. The van der Waals surface area contributed by atoms with Crippen LogP contribution in [0.25, 0.3) is 0 Å². The van der Waals surface area contributed by atoms with Crippen molar-refractivity contribution in [2.24, 2.45) is 5.73 Å². The van der Waals surface area contributed by atoms with Crippen LogP contribution in [0.5, 0.6) is 0 Å². The number of nitrogens with two attached hydrogens (primary N) is 1. The predicted octanol–water partition coefficient (Wildman–Crippen LogP) is 2.11. The topological polar surface area (TPSA) is 49.9 Å². The molecular formula is C5H6Cl2N2S. The van der Waals surface area contributed by atoms with Gasteiger partial charge in [0.1, 0.15) is 5.84 Å². The fraction of sp³-hybridized carbons (Fsp3) is 0. The van der Waals surface area contributed by atoms with E-state index in [1.54, 1.807) is 11.4 Å².